The lowest BCUT2D eigenvalue weighted by Crippen LogP contribution is -2.12. The monoisotopic (exact) mass is 212 g/mol. The van der Waals surface area contributed by atoms with E-state index in [-0.39, 0.29) is 0 Å². The summed E-state index contributed by atoms with van der Waals surface area (Å²) in [7, 11) is 0. The van der Waals surface area contributed by atoms with Crippen LogP contribution >= 0.6 is 0 Å². The molecule has 0 aliphatic heterocycles. The summed E-state index contributed by atoms with van der Waals surface area (Å²) in [5.41, 5.74) is 1.14. The first-order chi connectivity index (χ1) is 6.83. The molecule has 92 valence electrons. The van der Waals surface area contributed by atoms with E-state index in [1.807, 2.05) is 0 Å². The summed E-state index contributed by atoms with van der Waals surface area (Å²) >= 11 is 0. The standard InChI is InChI=1S/C15H32/c1-7-11-15(5,6)13-10-9-12-14(3,4)8-2/h7-13H2,1-6H3. The first kappa shape index (κ1) is 15.0. The minimum Gasteiger partial charge on any atom is -0.0654 e. The molecule has 0 bridgehead atoms. The van der Waals surface area contributed by atoms with E-state index in [2.05, 4.69) is 41.5 Å². The molecular weight excluding hydrogens is 180 g/mol. The van der Waals surface area contributed by atoms with E-state index in [4.69, 9.17) is 0 Å². The predicted molar refractivity (Wildman–Crippen MR) is 71.2 cm³/mol. The van der Waals surface area contributed by atoms with Crippen molar-refractivity contribution >= 4 is 0 Å². The van der Waals surface area contributed by atoms with E-state index in [0.29, 0.717) is 10.8 Å². The first-order valence-electron chi connectivity index (χ1n) is 6.83. The highest BCUT2D eigenvalue weighted by Gasteiger charge is 2.18. The van der Waals surface area contributed by atoms with E-state index in [1.165, 1.54) is 44.9 Å². The Bertz CT molecular complexity index is 153. The number of rotatable bonds is 8. The van der Waals surface area contributed by atoms with Crippen LogP contribution in [0.15, 0.2) is 0 Å². The van der Waals surface area contributed by atoms with Crippen molar-refractivity contribution in [1.29, 1.82) is 0 Å². The van der Waals surface area contributed by atoms with Crippen LogP contribution < -0.4 is 0 Å². The molecule has 0 rings (SSSR count). The zero-order valence-electron chi connectivity index (χ0n) is 11.9. The van der Waals surface area contributed by atoms with Crippen molar-refractivity contribution in [3.05, 3.63) is 0 Å². The van der Waals surface area contributed by atoms with Gasteiger partial charge in [-0.05, 0) is 30.1 Å². The molecule has 0 amide bonds. The SMILES string of the molecule is CCCC(C)(C)CCCCC(C)(C)CC. The van der Waals surface area contributed by atoms with Crippen LogP contribution in [0.25, 0.3) is 0 Å². The second-order valence-corrected chi connectivity index (χ2v) is 6.64. The molecule has 0 saturated carbocycles. The normalized spacial score (nSPS) is 13.2. The Morgan fingerprint density at radius 3 is 1.53 bits per heavy atom. The Morgan fingerprint density at radius 2 is 1.13 bits per heavy atom. The van der Waals surface area contributed by atoms with E-state index >= 15 is 0 Å². The van der Waals surface area contributed by atoms with Crippen LogP contribution in [0.4, 0.5) is 0 Å². The minimum atomic E-state index is 0.564. The fraction of sp³-hybridized carbons (Fsp3) is 1.00. The third-order valence-corrected chi connectivity index (χ3v) is 3.84. The van der Waals surface area contributed by atoms with E-state index in [9.17, 15) is 0 Å². The van der Waals surface area contributed by atoms with Crippen molar-refractivity contribution in [3.63, 3.8) is 0 Å². The smallest absolute Gasteiger partial charge is 0.0354 e. The third-order valence-electron chi connectivity index (χ3n) is 3.84. The predicted octanol–water partition coefficient (Wildman–Crippen LogP) is 5.81. The maximum absolute atomic E-state index is 2.42. The van der Waals surface area contributed by atoms with Gasteiger partial charge in [0.15, 0.2) is 0 Å². The number of unbranched alkanes of at least 4 members (excludes halogenated alkanes) is 1. The molecule has 0 aliphatic carbocycles. The number of hydrogen-bond donors (Lipinski definition) is 0. The van der Waals surface area contributed by atoms with Crippen molar-refractivity contribution in [3.8, 4) is 0 Å². The van der Waals surface area contributed by atoms with E-state index in [1.54, 1.807) is 0 Å². The van der Waals surface area contributed by atoms with Crippen LogP contribution in [0, 0.1) is 10.8 Å². The Labute approximate surface area is 97.8 Å². The molecule has 0 atom stereocenters. The average molecular weight is 212 g/mol. The summed E-state index contributed by atoms with van der Waals surface area (Å²) < 4.78 is 0. The molecule has 0 heterocycles. The molecule has 0 nitrogen and oxygen atoms in total. The van der Waals surface area contributed by atoms with Gasteiger partial charge in [0, 0.05) is 0 Å². The minimum absolute atomic E-state index is 0.564. The van der Waals surface area contributed by atoms with Gasteiger partial charge in [-0.15, -0.1) is 0 Å². The van der Waals surface area contributed by atoms with E-state index in [0.717, 1.165) is 0 Å². The molecule has 0 unspecified atom stereocenters. The molecule has 0 radical (unpaired) electrons. The van der Waals surface area contributed by atoms with Crippen LogP contribution in [0.1, 0.15) is 86.5 Å². The maximum atomic E-state index is 2.42. The fourth-order valence-corrected chi connectivity index (χ4v) is 2.19. The van der Waals surface area contributed by atoms with Crippen LogP contribution in [0.2, 0.25) is 0 Å². The van der Waals surface area contributed by atoms with Crippen molar-refractivity contribution in [2.75, 3.05) is 0 Å². The van der Waals surface area contributed by atoms with Gasteiger partial charge in [-0.1, -0.05) is 67.2 Å². The summed E-state index contributed by atoms with van der Waals surface area (Å²) in [5, 5.41) is 0. The second-order valence-electron chi connectivity index (χ2n) is 6.64. The summed E-state index contributed by atoms with van der Waals surface area (Å²) in [6.45, 7) is 14.2. The van der Waals surface area contributed by atoms with Crippen molar-refractivity contribution in [2.45, 2.75) is 86.5 Å². The van der Waals surface area contributed by atoms with Gasteiger partial charge in [0.2, 0.25) is 0 Å². The molecule has 0 aromatic heterocycles. The highest BCUT2D eigenvalue weighted by Crippen LogP contribution is 2.32. The highest BCUT2D eigenvalue weighted by atomic mass is 14.2. The van der Waals surface area contributed by atoms with Crippen molar-refractivity contribution < 1.29 is 0 Å². The van der Waals surface area contributed by atoms with Gasteiger partial charge in [-0.3, -0.25) is 0 Å². The topological polar surface area (TPSA) is 0 Å². The largest absolute Gasteiger partial charge is 0.0654 e. The zero-order valence-corrected chi connectivity index (χ0v) is 11.9. The molecule has 0 saturated heterocycles. The summed E-state index contributed by atoms with van der Waals surface area (Å²) in [6.07, 6.45) is 9.64. The molecule has 0 aliphatic rings. The molecule has 0 aromatic rings. The molecular formula is C15H32. The van der Waals surface area contributed by atoms with Gasteiger partial charge >= 0.3 is 0 Å². The first-order valence-corrected chi connectivity index (χ1v) is 6.83. The molecule has 0 heteroatoms. The quantitative estimate of drug-likeness (QED) is 0.445. The third kappa shape index (κ3) is 7.88. The average Bonchev–Trinajstić information content (AvgIpc) is 2.13. The molecule has 15 heavy (non-hydrogen) atoms. The fourth-order valence-electron chi connectivity index (χ4n) is 2.19. The van der Waals surface area contributed by atoms with Crippen LogP contribution in [-0.2, 0) is 0 Å². The maximum Gasteiger partial charge on any atom is -0.0354 e. The van der Waals surface area contributed by atoms with Gasteiger partial charge in [0.1, 0.15) is 0 Å². The summed E-state index contributed by atoms with van der Waals surface area (Å²) in [5.74, 6) is 0. The van der Waals surface area contributed by atoms with Gasteiger partial charge in [0.25, 0.3) is 0 Å². The molecule has 0 spiro atoms. The Morgan fingerprint density at radius 1 is 0.667 bits per heavy atom. The molecule has 0 N–H and O–H groups in total. The lowest BCUT2D eigenvalue weighted by atomic mass is 9.80. The van der Waals surface area contributed by atoms with Crippen LogP contribution in [0.5, 0.6) is 0 Å². The van der Waals surface area contributed by atoms with Crippen LogP contribution in [0.3, 0.4) is 0 Å². The van der Waals surface area contributed by atoms with Crippen molar-refractivity contribution in [1.82, 2.24) is 0 Å². The van der Waals surface area contributed by atoms with Crippen molar-refractivity contribution in [2.24, 2.45) is 10.8 Å². The Balaban J connectivity index is 3.62. The lowest BCUT2D eigenvalue weighted by molar-refractivity contribution is 0.265. The van der Waals surface area contributed by atoms with Gasteiger partial charge in [-0.2, -0.15) is 0 Å². The van der Waals surface area contributed by atoms with Gasteiger partial charge < -0.3 is 0 Å². The Kier molecular flexibility index (Phi) is 6.55. The second kappa shape index (κ2) is 6.55. The van der Waals surface area contributed by atoms with Gasteiger partial charge in [0.05, 0.1) is 0 Å². The Hall–Kier alpha value is 0. The lowest BCUT2D eigenvalue weighted by Gasteiger charge is -2.26. The summed E-state index contributed by atoms with van der Waals surface area (Å²) in [6, 6.07) is 0. The molecule has 0 fully saturated rings. The van der Waals surface area contributed by atoms with Gasteiger partial charge in [-0.25, -0.2) is 0 Å². The van der Waals surface area contributed by atoms with Crippen LogP contribution in [-0.4, -0.2) is 0 Å². The molecule has 0 aromatic carbocycles. The van der Waals surface area contributed by atoms with E-state index < -0.39 is 0 Å². The highest BCUT2D eigenvalue weighted by molar-refractivity contribution is 4.70. The number of hydrogen-bond acceptors (Lipinski definition) is 0. The zero-order chi connectivity index (χ0) is 11.9. The summed E-state index contributed by atoms with van der Waals surface area (Å²) in [4.78, 5) is 0.